The Bertz CT molecular complexity index is 580. The van der Waals surface area contributed by atoms with Crippen LogP contribution in [0.3, 0.4) is 0 Å². The molecular weight excluding hydrogens is 261 g/mol. The molecule has 106 valence electrons. The Morgan fingerprint density at radius 3 is 2.10 bits per heavy atom. The Morgan fingerprint density at radius 1 is 1.05 bits per heavy atom. The first-order valence-electron chi connectivity index (χ1n) is 6.11. The van der Waals surface area contributed by atoms with Gasteiger partial charge in [-0.2, -0.15) is 0 Å². The van der Waals surface area contributed by atoms with Crippen LogP contribution < -0.4 is 5.32 Å². The van der Waals surface area contributed by atoms with Crippen LogP contribution in [0.2, 0.25) is 0 Å². The molecule has 1 unspecified atom stereocenters. The van der Waals surface area contributed by atoms with Gasteiger partial charge in [-0.05, 0) is 48.9 Å². The van der Waals surface area contributed by atoms with Crippen molar-refractivity contribution in [2.45, 2.75) is 12.5 Å². The van der Waals surface area contributed by atoms with Crippen LogP contribution in [0, 0.1) is 5.82 Å². The van der Waals surface area contributed by atoms with Crippen LogP contribution in [0.4, 0.5) is 10.1 Å². The molecule has 0 spiro atoms. The van der Waals surface area contributed by atoms with Crippen LogP contribution in [0.5, 0.6) is 11.5 Å². The summed E-state index contributed by atoms with van der Waals surface area (Å²) in [7, 11) is 0. The lowest BCUT2D eigenvalue weighted by molar-refractivity contribution is 0.223. The number of nitrogens with one attached hydrogen (secondary N) is 1. The molecule has 0 aliphatic heterocycles. The van der Waals surface area contributed by atoms with Crippen LogP contribution in [0.1, 0.15) is 12.5 Å². The van der Waals surface area contributed by atoms with Crippen molar-refractivity contribution in [2.24, 2.45) is 0 Å². The number of aliphatic hydroxyl groups is 1. The maximum Gasteiger partial charge on any atom is 0.123 e. The predicted molar refractivity (Wildman–Crippen MR) is 74.2 cm³/mol. The molecule has 0 aliphatic carbocycles. The van der Waals surface area contributed by atoms with Gasteiger partial charge in [0.25, 0.3) is 0 Å². The Kier molecular flexibility index (Phi) is 3.81. The van der Waals surface area contributed by atoms with Gasteiger partial charge in [0.05, 0.1) is 12.1 Å². The fourth-order valence-electron chi connectivity index (χ4n) is 1.97. The summed E-state index contributed by atoms with van der Waals surface area (Å²) in [5.74, 6) is -0.544. The first-order valence-corrected chi connectivity index (χ1v) is 6.11. The molecule has 5 heteroatoms. The van der Waals surface area contributed by atoms with Crippen molar-refractivity contribution < 1.29 is 19.7 Å². The molecule has 0 aliphatic rings. The minimum Gasteiger partial charge on any atom is -0.508 e. The smallest absolute Gasteiger partial charge is 0.123 e. The standard InChI is InChI=1S/C15H16FNO3/c1-15(9-18,10-6-13(19)8-14(20)7-10)17-12-4-2-11(16)3-5-12/h2-8,17-20H,9H2,1H3. The number of aliphatic hydroxyl groups excluding tert-OH is 1. The SMILES string of the molecule is CC(CO)(Nc1ccc(F)cc1)c1cc(O)cc(O)c1. The zero-order chi connectivity index (χ0) is 14.8. The zero-order valence-corrected chi connectivity index (χ0v) is 11.0. The average molecular weight is 277 g/mol. The van der Waals surface area contributed by atoms with Gasteiger partial charge in [-0.1, -0.05) is 0 Å². The molecule has 2 aromatic carbocycles. The van der Waals surface area contributed by atoms with Gasteiger partial charge in [0.2, 0.25) is 0 Å². The fraction of sp³-hybridized carbons (Fsp3) is 0.200. The molecule has 1 atom stereocenters. The van der Waals surface area contributed by atoms with Crippen molar-refractivity contribution in [1.82, 2.24) is 0 Å². The third kappa shape index (κ3) is 3.00. The number of benzene rings is 2. The van der Waals surface area contributed by atoms with Crippen molar-refractivity contribution >= 4 is 5.69 Å². The number of phenols is 2. The first-order chi connectivity index (χ1) is 9.43. The molecule has 0 heterocycles. The Labute approximate surface area is 116 Å². The Morgan fingerprint density at radius 2 is 1.60 bits per heavy atom. The molecule has 0 fully saturated rings. The van der Waals surface area contributed by atoms with E-state index in [2.05, 4.69) is 5.32 Å². The van der Waals surface area contributed by atoms with E-state index in [4.69, 9.17) is 0 Å². The van der Waals surface area contributed by atoms with E-state index in [1.54, 1.807) is 19.1 Å². The molecule has 2 aromatic rings. The highest BCUT2D eigenvalue weighted by Crippen LogP contribution is 2.31. The maximum atomic E-state index is 12.9. The van der Waals surface area contributed by atoms with Gasteiger partial charge in [0.1, 0.15) is 17.3 Å². The molecule has 0 aromatic heterocycles. The topological polar surface area (TPSA) is 72.7 Å². The van der Waals surface area contributed by atoms with Crippen LogP contribution in [0.25, 0.3) is 0 Å². The molecule has 0 saturated carbocycles. The number of halogens is 1. The molecule has 2 rings (SSSR count). The molecule has 4 N–H and O–H groups in total. The first kappa shape index (κ1) is 14.1. The van der Waals surface area contributed by atoms with Crippen molar-refractivity contribution in [3.8, 4) is 11.5 Å². The lowest BCUT2D eigenvalue weighted by atomic mass is 9.92. The van der Waals surface area contributed by atoms with Gasteiger partial charge in [-0.3, -0.25) is 0 Å². The monoisotopic (exact) mass is 277 g/mol. The Balaban J connectivity index is 2.35. The summed E-state index contributed by atoms with van der Waals surface area (Å²) in [5, 5.41) is 31.8. The van der Waals surface area contributed by atoms with Gasteiger partial charge < -0.3 is 20.6 Å². The number of anilines is 1. The second-order valence-electron chi connectivity index (χ2n) is 4.86. The minimum absolute atomic E-state index is 0.0967. The number of rotatable bonds is 4. The summed E-state index contributed by atoms with van der Waals surface area (Å²) in [6.45, 7) is 1.44. The second kappa shape index (κ2) is 5.38. The molecule has 4 nitrogen and oxygen atoms in total. The highest BCUT2D eigenvalue weighted by atomic mass is 19.1. The van der Waals surface area contributed by atoms with Gasteiger partial charge in [0.15, 0.2) is 0 Å². The normalized spacial score (nSPS) is 13.8. The van der Waals surface area contributed by atoms with Gasteiger partial charge in [-0.15, -0.1) is 0 Å². The summed E-state index contributed by atoms with van der Waals surface area (Å²) >= 11 is 0. The number of aromatic hydroxyl groups is 2. The fourth-order valence-corrected chi connectivity index (χ4v) is 1.97. The van der Waals surface area contributed by atoms with E-state index in [1.807, 2.05) is 0 Å². The van der Waals surface area contributed by atoms with Gasteiger partial charge in [0, 0.05) is 11.8 Å². The highest BCUT2D eigenvalue weighted by molar-refractivity contribution is 5.50. The van der Waals surface area contributed by atoms with Gasteiger partial charge >= 0.3 is 0 Å². The van der Waals surface area contributed by atoms with E-state index in [1.165, 1.54) is 30.3 Å². The predicted octanol–water partition coefficient (Wildman–Crippen LogP) is 2.56. The van der Waals surface area contributed by atoms with Crippen LogP contribution in [0.15, 0.2) is 42.5 Å². The molecule has 0 amide bonds. The molecule has 20 heavy (non-hydrogen) atoms. The third-order valence-electron chi connectivity index (χ3n) is 3.12. The van der Waals surface area contributed by atoms with Crippen molar-refractivity contribution in [1.29, 1.82) is 0 Å². The summed E-state index contributed by atoms with van der Waals surface area (Å²) in [4.78, 5) is 0. The number of hydrogen-bond acceptors (Lipinski definition) is 4. The van der Waals surface area contributed by atoms with Gasteiger partial charge in [-0.25, -0.2) is 4.39 Å². The van der Waals surface area contributed by atoms with E-state index in [-0.39, 0.29) is 23.9 Å². The quantitative estimate of drug-likeness (QED) is 0.693. The van der Waals surface area contributed by atoms with E-state index < -0.39 is 5.54 Å². The zero-order valence-electron chi connectivity index (χ0n) is 11.0. The van der Waals surface area contributed by atoms with E-state index >= 15 is 0 Å². The molecule has 0 saturated heterocycles. The Hall–Kier alpha value is -2.27. The lowest BCUT2D eigenvalue weighted by Gasteiger charge is -2.30. The summed E-state index contributed by atoms with van der Waals surface area (Å²) in [6, 6.07) is 9.82. The molecule has 0 bridgehead atoms. The molecular formula is C15H16FNO3. The average Bonchev–Trinajstić information content (AvgIpc) is 2.40. The number of hydrogen-bond donors (Lipinski definition) is 4. The number of phenolic OH excluding ortho intramolecular Hbond substituents is 2. The minimum atomic E-state index is -0.923. The van der Waals surface area contributed by atoms with Crippen molar-refractivity contribution in [3.05, 3.63) is 53.8 Å². The van der Waals surface area contributed by atoms with E-state index in [0.717, 1.165) is 0 Å². The largest absolute Gasteiger partial charge is 0.508 e. The van der Waals surface area contributed by atoms with Crippen LogP contribution >= 0.6 is 0 Å². The molecule has 0 radical (unpaired) electrons. The third-order valence-corrected chi connectivity index (χ3v) is 3.12. The van der Waals surface area contributed by atoms with E-state index in [0.29, 0.717) is 11.3 Å². The highest BCUT2D eigenvalue weighted by Gasteiger charge is 2.26. The maximum absolute atomic E-state index is 12.9. The lowest BCUT2D eigenvalue weighted by Crippen LogP contribution is -2.35. The van der Waals surface area contributed by atoms with E-state index in [9.17, 15) is 19.7 Å². The van der Waals surface area contributed by atoms with Crippen LogP contribution in [-0.2, 0) is 5.54 Å². The van der Waals surface area contributed by atoms with Crippen molar-refractivity contribution in [2.75, 3.05) is 11.9 Å². The van der Waals surface area contributed by atoms with Crippen LogP contribution in [-0.4, -0.2) is 21.9 Å². The summed E-state index contributed by atoms with van der Waals surface area (Å²) < 4.78 is 12.9. The second-order valence-corrected chi connectivity index (χ2v) is 4.86. The summed E-state index contributed by atoms with van der Waals surface area (Å²) in [5.41, 5.74) is 0.209. The van der Waals surface area contributed by atoms with Crippen molar-refractivity contribution in [3.63, 3.8) is 0 Å². The summed E-state index contributed by atoms with van der Waals surface area (Å²) in [6.07, 6.45) is 0.